The fourth-order valence-electron chi connectivity index (χ4n) is 3.34. The summed E-state index contributed by atoms with van der Waals surface area (Å²) in [6, 6.07) is 4.88. The van der Waals surface area contributed by atoms with Gasteiger partial charge < -0.3 is 4.74 Å². The molecule has 1 fully saturated rings. The van der Waals surface area contributed by atoms with Crippen LogP contribution in [-0.2, 0) is 17.7 Å². The van der Waals surface area contributed by atoms with Crippen LogP contribution in [0, 0.1) is 12.8 Å². The highest BCUT2D eigenvalue weighted by molar-refractivity contribution is 5.40. The van der Waals surface area contributed by atoms with E-state index in [1.54, 1.807) is 11.1 Å². The summed E-state index contributed by atoms with van der Waals surface area (Å²) < 4.78 is 5.28. The lowest BCUT2D eigenvalue weighted by atomic mass is 9.89. The lowest BCUT2D eigenvalue weighted by Gasteiger charge is -2.35. The van der Waals surface area contributed by atoms with Gasteiger partial charge in [-0.15, -0.1) is 0 Å². The van der Waals surface area contributed by atoms with Crippen LogP contribution in [-0.4, -0.2) is 31.2 Å². The third-order valence-corrected chi connectivity index (χ3v) is 4.53. The van der Waals surface area contributed by atoms with Gasteiger partial charge >= 0.3 is 0 Å². The third kappa shape index (κ3) is 2.70. The maximum Gasteiger partial charge on any atom is 0.0528 e. The van der Waals surface area contributed by atoms with Gasteiger partial charge in [0.2, 0.25) is 0 Å². The number of fused-ring (bicyclic) bond motifs is 1. The van der Waals surface area contributed by atoms with Crippen molar-refractivity contribution in [1.82, 2.24) is 4.90 Å². The summed E-state index contributed by atoms with van der Waals surface area (Å²) in [6.07, 6.45) is 1.21. The van der Waals surface area contributed by atoms with Crippen molar-refractivity contribution in [2.45, 2.75) is 39.7 Å². The van der Waals surface area contributed by atoms with Gasteiger partial charge in [0.1, 0.15) is 0 Å². The standard InChI is InChI=1S/C17H25NO/c1-12(2)17-7-15-4-5-18(8-14-10-19-11-14)9-16(15)6-13(17)3/h6-7,12,14H,4-5,8-11H2,1-3H3. The van der Waals surface area contributed by atoms with Gasteiger partial charge in [-0.05, 0) is 41.5 Å². The zero-order valence-electron chi connectivity index (χ0n) is 12.4. The Labute approximate surface area is 116 Å². The quantitative estimate of drug-likeness (QED) is 0.827. The highest BCUT2D eigenvalue weighted by Crippen LogP contribution is 2.28. The number of rotatable bonds is 3. The van der Waals surface area contributed by atoms with Crippen molar-refractivity contribution in [3.05, 3.63) is 34.4 Å². The van der Waals surface area contributed by atoms with Crippen molar-refractivity contribution in [1.29, 1.82) is 0 Å². The number of nitrogens with zero attached hydrogens (tertiary/aromatic N) is 1. The van der Waals surface area contributed by atoms with Crippen LogP contribution in [0.2, 0.25) is 0 Å². The molecule has 0 spiro atoms. The summed E-state index contributed by atoms with van der Waals surface area (Å²) in [5, 5.41) is 0. The first-order chi connectivity index (χ1) is 9.13. The second-order valence-electron chi connectivity index (χ2n) is 6.52. The molecule has 2 nitrogen and oxygen atoms in total. The van der Waals surface area contributed by atoms with Gasteiger partial charge in [-0.25, -0.2) is 0 Å². The normalized spacial score (nSPS) is 20.4. The van der Waals surface area contributed by atoms with Crippen LogP contribution < -0.4 is 0 Å². The second-order valence-corrected chi connectivity index (χ2v) is 6.52. The summed E-state index contributed by atoms with van der Waals surface area (Å²) in [6.45, 7) is 12.3. The van der Waals surface area contributed by atoms with Crippen LogP contribution in [0.15, 0.2) is 12.1 Å². The van der Waals surface area contributed by atoms with Gasteiger partial charge in [-0.1, -0.05) is 26.0 Å². The average Bonchev–Trinajstić information content (AvgIpc) is 2.32. The molecule has 1 aromatic rings. The monoisotopic (exact) mass is 259 g/mol. The SMILES string of the molecule is Cc1cc2c(cc1C(C)C)CCN(CC1COC1)C2. The van der Waals surface area contributed by atoms with E-state index in [0.717, 1.165) is 25.7 Å². The zero-order valence-corrected chi connectivity index (χ0v) is 12.4. The van der Waals surface area contributed by atoms with Gasteiger partial charge in [0.25, 0.3) is 0 Å². The topological polar surface area (TPSA) is 12.5 Å². The highest BCUT2D eigenvalue weighted by atomic mass is 16.5. The number of benzene rings is 1. The molecule has 0 aromatic heterocycles. The maximum absolute atomic E-state index is 5.28. The zero-order chi connectivity index (χ0) is 13.4. The van der Waals surface area contributed by atoms with Crippen LogP contribution in [0.4, 0.5) is 0 Å². The Bertz CT molecular complexity index is 463. The molecular formula is C17H25NO. The molecule has 0 atom stereocenters. The molecule has 1 saturated heterocycles. The Hall–Kier alpha value is -0.860. The molecule has 0 bridgehead atoms. The van der Waals surface area contributed by atoms with Gasteiger partial charge in [0.05, 0.1) is 13.2 Å². The Morgan fingerprint density at radius 2 is 2.05 bits per heavy atom. The smallest absolute Gasteiger partial charge is 0.0528 e. The molecule has 104 valence electrons. The van der Waals surface area contributed by atoms with Crippen LogP contribution in [0.3, 0.4) is 0 Å². The molecule has 0 radical (unpaired) electrons. The minimum absolute atomic E-state index is 0.635. The van der Waals surface area contributed by atoms with Crippen molar-refractivity contribution in [2.24, 2.45) is 5.92 Å². The minimum Gasteiger partial charge on any atom is -0.381 e. The van der Waals surface area contributed by atoms with Crippen LogP contribution in [0.1, 0.15) is 42.0 Å². The molecule has 2 heteroatoms. The van der Waals surface area contributed by atoms with Crippen molar-refractivity contribution in [3.63, 3.8) is 0 Å². The van der Waals surface area contributed by atoms with Crippen molar-refractivity contribution in [2.75, 3.05) is 26.3 Å². The summed E-state index contributed by atoms with van der Waals surface area (Å²) in [5.41, 5.74) is 6.12. The summed E-state index contributed by atoms with van der Waals surface area (Å²) in [4.78, 5) is 2.60. The first-order valence-corrected chi connectivity index (χ1v) is 7.56. The predicted octanol–water partition coefficient (Wildman–Crippen LogP) is 3.12. The van der Waals surface area contributed by atoms with E-state index >= 15 is 0 Å². The van der Waals surface area contributed by atoms with E-state index in [4.69, 9.17) is 4.74 Å². The van der Waals surface area contributed by atoms with Crippen LogP contribution in [0.5, 0.6) is 0 Å². The summed E-state index contributed by atoms with van der Waals surface area (Å²) in [7, 11) is 0. The van der Waals surface area contributed by atoms with Gasteiger partial charge in [-0.3, -0.25) is 4.90 Å². The Balaban J connectivity index is 1.75. The number of aryl methyl sites for hydroxylation is 1. The molecule has 2 aliphatic rings. The average molecular weight is 259 g/mol. The van der Waals surface area contributed by atoms with E-state index in [-0.39, 0.29) is 0 Å². The van der Waals surface area contributed by atoms with E-state index in [1.165, 1.54) is 30.6 Å². The molecular weight excluding hydrogens is 234 g/mol. The second kappa shape index (κ2) is 5.26. The summed E-state index contributed by atoms with van der Waals surface area (Å²) >= 11 is 0. The Morgan fingerprint density at radius 1 is 1.26 bits per heavy atom. The third-order valence-electron chi connectivity index (χ3n) is 4.53. The van der Waals surface area contributed by atoms with Crippen LogP contribution >= 0.6 is 0 Å². The summed E-state index contributed by atoms with van der Waals surface area (Å²) in [5.74, 6) is 1.41. The highest BCUT2D eigenvalue weighted by Gasteiger charge is 2.24. The minimum atomic E-state index is 0.635. The Kier molecular flexibility index (Phi) is 3.64. The fourth-order valence-corrected chi connectivity index (χ4v) is 3.34. The van der Waals surface area contributed by atoms with E-state index in [0.29, 0.717) is 5.92 Å². The fraction of sp³-hybridized carbons (Fsp3) is 0.647. The molecule has 2 aliphatic heterocycles. The van der Waals surface area contributed by atoms with Crippen molar-refractivity contribution >= 4 is 0 Å². The first-order valence-electron chi connectivity index (χ1n) is 7.56. The first kappa shape index (κ1) is 13.1. The predicted molar refractivity (Wildman–Crippen MR) is 78.6 cm³/mol. The molecule has 0 unspecified atom stereocenters. The number of hydrogen-bond acceptors (Lipinski definition) is 2. The lowest BCUT2D eigenvalue weighted by molar-refractivity contribution is -0.0480. The lowest BCUT2D eigenvalue weighted by Crippen LogP contribution is -2.41. The molecule has 3 rings (SSSR count). The molecule has 0 N–H and O–H groups in total. The molecule has 1 aromatic carbocycles. The Morgan fingerprint density at radius 3 is 2.68 bits per heavy atom. The van der Waals surface area contributed by atoms with E-state index in [1.807, 2.05) is 0 Å². The largest absolute Gasteiger partial charge is 0.381 e. The number of ether oxygens (including phenoxy) is 1. The molecule has 0 amide bonds. The van der Waals surface area contributed by atoms with Gasteiger partial charge in [0.15, 0.2) is 0 Å². The maximum atomic E-state index is 5.28. The number of hydrogen-bond donors (Lipinski definition) is 0. The van der Waals surface area contributed by atoms with E-state index in [2.05, 4.69) is 37.8 Å². The molecule has 0 aliphatic carbocycles. The van der Waals surface area contributed by atoms with Crippen LogP contribution in [0.25, 0.3) is 0 Å². The van der Waals surface area contributed by atoms with Gasteiger partial charge in [-0.2, -0.15) is 0 Å². The molecule has 2 heterocycles. The molecule has 0 saturated carbocycles. The van der Waals surface area contributed by atoms with Gasteiger partial charge in [0, 0.05) is 25.6 Å². The van der Waals surface area contributed by atoms with E-state index in [9.17, 15) is 0 Å². The van der Waals surface area contributed by atoms with Crippen molar-refractivity contribution in [3.8, 4) is 0 Å². The van der Waals surface area contributed by atoms with Crippen molar-refractivity contribution < 1.29 is 4.74 Å². The van der Waals surface area contributed by atoms with E-state index < -0.39 is 0 Å². The molecule has 19 heavy (non-hydrogen) atoms.